The van der Waals surface area contributed by atoms with Gasteiger partial charge in [-0.1, -0.05) is 45.9 Å². The molecule has 1 aliphatic carbocycles. The van der Waals surface area contributed by atoms with Crippen molar-refractivity contribution in [2.75, 3.05) is 0 Å². The molecular weight excluding hydrogens is 244 g/mol. The van der Waals surface area contributed by atoms with Crippen LogP contribution in [-0.4, -0.2) is 10.6 Å². The Morgan fingerprint density at radius 1 is 1.10 bits per heavy atom. The largest absolute Gasteiger partial charge is 0.346 e. The number of nitrogens with zero attached hydrogens (tertiary/aromatic N) is 1. The van der Waals surface area contributed by atoms with E-state index in [2.05, 4.69) is 75.8 Å². The molecule has 0 radical (unpaired) electrons. The van der Waals surface area contributed by atoms with E-state index in [-0.39, 0.29) is 0 Å². The highest BCUT2D eigenvalue weighted by molar-refractivity contribution is 5.85. The monoisotopic (exact) mass is 270 g/mol. The van der Waals surface area contributed by atoms with E-state index in [0.29, 0.717) is 16.9 Å². The van der Waals surface area contributed by atoms with E-state index in [1.54, 1.807) is 0 Å². The van der Waals surface area contributed by atoms with Gasteiger partial charge in [0.25, 0.3) is 0 Å². The molecule has 0 atom stereocenters. The van der Waals surface area contributed by atoms with Crippen LogP contribution in [0.15, 0.2) is 24.3 Å². The fraction of sp³-hybridized carbons (Fsp3) is 0.556. The molecule has 1 fully saturated rings. The third kappa shape index (κ3) is 1.67. The van der Waals surface area contributed by atoms with Gasteiger partial charge in [-0.05, 0) is 29.4 Å². The average Bonchev–Trinajstić information content (AvgIpc) is 2.66. The summed E-state index contributed by atoms with van der Waals surface area (Å²) < 4.78 is 2.33. The zero-order chi connectivity index (χ0) is 14.7. The van der Waals surface area contributed by atoms with Crippen LogP contribution in [0.5, 0.6) is 0 Å². The lowest BCUT2D eigenvalue weighted by atomic mass is 10.0. The molecule has 0 unspecified atom stereocenters. The van der Waals surface area contributed by atoms with Crippen molar-refractivity contribution >= 4 is 10.9 Å². The first-order chi connectivity index (χ1) is 9.28. The first-order valence-electron chi connectivity index (χ1n) is 7.54. The molecule has 1 heterocycles. The Kier molecular flexibility index (Phi) is 2.81. The number of aryl methyl sites for hydroxylation is 2. The molecule has 1 N–H and O–H groups in total. The highest BCUT2D eigenvalue weighted by Crippen LogP contribution is 2.62. The molecule has 0 aliphatic heterocycles. The maximum Gasteiger partial charge on any atom is 0.0483 e. The topological polar surface area (TPSA) is 17.0 Å². The van der Waals surface area contributed by atoms with Gasteiger partial charge in [0.05, 0.1) is 0 Å². The SMILES string of the molecule is Cc1c(CNC2C(C)(C)C2(C)C)n(C)c2ccccc12. The summed E-state index contributed by atoms with van der Waals surface area (Å²) in [5.74, 6) is 0. The van der Waals surface area contributed by atoms with E-state index < -0.39 is 0 Å². The molecule has 0 saturated heterocycles. The number of fused-ring (bicyclic) bond motifs is 1. The van der Waals surface area contributed by atoms with Gasteiger partial charge in [-0.15, -0.1) is 0 Å². The van der Waals surface area contributed by atoms with Crippen LogP contribution in [0.2, 0.25) is 0 Å². The molecule has 2 aromatic rings. The van der Waals surface area contributed by atoms with Crippen molar-refractivity contribution in [2.24, 2.45) is 17.9 Å². The molecule has 2 heteroatoms. The van der Waals surface area contributed by atoms with Crippen LogP contribution in [0, 0.1) is 17.8 Å². The number of para-hydroxylation sites is 1. The van der Waals surface area contributed by atoms with Crippen LogP contribution < -0.4 is 5.32 Å². The predicted octanol–water partition coefficient (Wildman–Crippen LogP) is 4.01. The molecule has 20 heavy (non-hydrogen) atoms. The van der Waals surface area contributed by atoms with Gasteiger partial charge >= 0.3 is 0 Å². The van der Waals surface area contributed by atoms with Gasteiger partial charge in [-0.25, -0.2) is 0 Å². The summed E-state index contributed by atoms with van der Waals surface area (Å²) in [5.41, 5.74) is 4.93. The number of nitrogens with one attached hydrogen (secondary N) is 1. The first kappa shape index (κ1) is 13.7. The third-order valence-corrected chi connectivity index (χ3v) is 6.00. The van der Waals surface area contributed by atoms with Crippen LogP contribution in [0.3, 0.4) is 0 Å². The molecule has 2 nitrogen and oxygen atoms in total. The van der Waals surface area contributed by atoms with Crippen LogP contribution in [0.1, 0.15) is 39.0 Å². The Hall–Kier alpha value is -1.28. The van der Waals surface area contributed by atoms with Crippen molar-refractivity contribution in [3.05, 3.63) is 35.5 Å². The minimum atomic E-state index is 0.394. The smallest absolute Gasteiger partial charge is 0.0483 e. The van der Waals surface area contributed by atoms with Gasteiger partial charge in [0.2, 0.25) is 0 Å². The minimum Gasteiger partial charge on any atom is -0.346 e. The highest BCUT2D eigenvalue weighted by atomic mass is 15.1. The van der Waals surface area contributed by atoms with Gasteiger partial charge in [-0.3, -0.25) is 0 Å². The molecule has 1 aliphatic rings. The maximum atomic E-state index is 3.78. The number of hydrogen-bond acceptors (Lipinski definition) is 1. The van der Waals surface area contributed by atoms with Crippen LogP contribution in [0.25, 0.3) is 10.9 Å². The van der Waals surface area contributed by atoms with E-state index in [9.17, 15) is 0 Å². The summed E-state index contributed by atoms with van der Waals surface area (Å²) in [5, 5.41) is 5.15. The quantitative estimate of drug-likeness (QED) is 0.891. The molecule has 1 saturated carbocycles. The zero-order valence-electron chi connectivity index (χ0n) is 13.5. The Balaban J connectivity index is 1.86. The number of benzene rings is 1. The van der Waals surface area contributed by atoms with Crippen molar-refractivity contribution < 1.29 is 0 Å². The lowest BCUT2D eigenvalue weighted by Gasteiger charge is -2.09. The fourth-order valence-corrected chi connectivity index (χ4v) is 3.79. The molecule has 0 spiro atoms. The van der Waals surface area contributed by atoms with E-state index in [1.165, 1.54) is 22.2 Å². The number of rotatable bonds is 3. The van der Waals surface area contributed by atoms with Crippen molar-refractivity contribution in [3.8, 4) is 0 Å². The van der Waals surface area contributed by atoms with Crippen molar-refractivity contribution in [2.45, 2.75) is 47.2 Å². The van der Waals surface area contributed by atoms with Gasteiger partial charge in [-0.2, -0.15) is 0 Å². The molecule has 0 bridgehead atoms. The van der Waals surface area contributed by atoms with E-state index in [1.807, 2.05) is 0 Å². The lowest BCUT2D eigenvalue weighted by molar-refractivity contribution is 0.457. The van der Waals surface area contributed by atoms with E-state index in [4.69, 9.17) is 0 Å². The van der Waals surface area contributed by atoms with Crippen LogP contribution >= 0.6 is 0 Å². The van der Waals surface area contributed by atoms with E-state index >= 15 is 0 Å². The maximum absolute atomic E-state index is 3.78. The predicted molar refractivity (Wildman–Crippen MR) is 85.8 cm³/mol. The second-order valence-electron chi connectivity index (χ2n) is 7.41. The Morgan fingerprint density at radius 2 is 1.70 bits per heavy atom. The third-order valence-electron chi connectivity index (χ3n) is 6.00. The summed E-state index contributed by atoms with van der Waals surface area (Å²) >= 11 is 0. The number of hydrogen-bond donors (Lipinski definition) is 1. The molecule has 1 aromatic heterocycles. The summed E-state index contributed by atoms with van der Waals surface area (Å²) in [6.07, 6.45) is 0. The van der Waals surface area contributed by atoms with Gasteiger partial charge < -0.3 is 9.88 Å². The van der Waals surface area contributed by atoms with Crippen molar-refractivity contribution in [1.82, 2.24) is 9.88 Å². The lowest BCUT2D eigenvalue weighted by Crippen LogP contribution is -2.23. The van der Waals surface area contributed by atoms with Crippen molar-refractivity contribution in [1.29, 1.82) is 0 Å². The summed E-state index contributed by atoms with van der Waals surface area (Å²) in [7, 11) is 2.18. The fourth-order valence-electron chi connectivity index (χ4n) is 3.79. The number of aromatic nitrogens is 1. The van der Waals surface area contributed by atoms with Crippen LogP contribution in [-0.2, 0) is 13.6 Å². The highest BCUT2D eigenvalue weighted by Gasteiger charge is 2.64. The Morgan fingerprint density at radius 3 is 2.25 bits per heavy atom. The summed E-state index contributed by atoms with van der Waals surface area (Å²) in [6.45, 7) is 12.6. The molecule has 108 valence electrons. The van der Waals surface area contributed by atoms with Gasteiger partial charge in [0.1, 0.15) is 0 Å². The molecule has 1 aromatic carbocycles. The Labute approximate surface area is 122 Å². The Bertz CT molecular complexity index is 608. The standard InChI is InChI=1S/C18H26N2/c1-12-13-9-7-8-10-14(13)20(6)15(12)11-19-16-17(2,3)18(16,4)5/h7-10,16,19H,11H2,1-6H3. The zero-order valence-corrected chi connectivity index (χ0v) is 13.5. The summed E-state index contributed by atoms with van der Waals surface area (Å²) in [6, 6.07) is 9.27. The van der Waals surface area contributed by atoms with Crippen molar-refractivity contribution in [3.63, 3.8) is 0 Å². The summed E-state index contributed by atoms with van der Waals surface area (Å²) in [4.78, 5) is 0. The van der Waals surface area contributed by atoms with E-state index in [0.717, 1.165) is 6.54 Å². The second kappa shape index (κ2) is 4.11. The molecule has 3 rings (SSSR count). The van der Waals surface area contributed by atoms with Crippen LogP contribution in [0.4, 0.5) is 0 Å². The van der Waals surface area contributed by atoms with Gasteiger partial charge in [0.15, 0.2) is 0 Å². The molecule has 0 amide bonds. The second-order valence-corrected chi connectivity index (χ2v) is 7.41. The van der Waals surface area contributed by atoms with Gasteiger partial charge in [0, 0.05) is 36.2 Å². The average molecular weight is 270 g/mol. The minimum absolute atomic E-state index is 0.394. The normalized spacial score (nSPS) is 20.5. The first-order valence-corrected chi connectivity index (χ1v) is 7.54. The molecular formula is C18H26N2.